The first-order valence-corrected chi connectivity index (χ1v) is 6.33. The molecule has 0 unspecified atom stereocenters. The first-order valence-electron chi connectivity index (χ1n) is 6.33. The van der Waals surface area contributed by atoms with E-state index in [0.29, 0.717) is 0 Å². The Bertz CT molecular complexity index is 670. The molecule has 0 aliphatic rings. The van der Waals surface area contributed by atoms with Gasteiger partial charge in [0.05, 0.1) is 23.1 Å². The van der Waals surface area contributed by atoms with Crippen LogP contribution in [0.2, 0.25) is 0 Å². The van der Waals surface area contributed by atoms with Gasteiger partial charge in [-0.1, -0.05) is 36.4 Å². The molecule has 0 fully saturated rings. The second kappa shape index (κ2) is 13.0. The maximum atomic E-state index is 10.4. The van der Waals surface area contributed by atoms with Crippen LogP contribution in [0.25, 0.3) is 0 Å². The summed E-state index contributed by atoms with van der Waals surface area (Å²) < 4.78 is 0. The van der Waals surface area contributed by atoms with Crippen LogP contribution >= 0.6 is 0 Å². The van der Waals surface area contributed by atoms with Crippen molar-refractivity contribution >= 4 is 23.9 Å². The molecule has 0 amide bonds. The third-order valence-corrected chi connectivity index (χ3v) is 2.75. The molecule has 0 heterocycles. The van der Waals surface area contributed by atoms with Crippen molar-refractivity contribution in [3.8, 4) is 0 Å². The topological polar surface area (TPSA) is 221 Å². The molecular formula is C16H16NiO10+2. The number of aromatic carboxylic acids is 4. The summed E-state index contributed by atoms with van der Waals surface area (Å²) in [6.07, 6.45) is 0. The molecule has 0 aliphatic heterocycles. The Kier molecular flexibility index (Phi) is 13.7. The molecule has 0 spiro atoms. The number of carboxylic acid groups (broad SMARTS) is 4. The molecule has 2 aromatic rings. The van der Waals surface area contributed by atoms with Gasteiger partial charge in [-0.15, -0.1) is 0 Å². The number of benzene rings is 2. The van der Waals surface area contributed by atoms with E-state index in [9.17, 15) is 29.4 Å². The van der Waals surface area contributed by atoms with Gasteiger partial charge in [0.2, 0.25) is 0 Å². The minimum absolute atomic E-state index is 0. The van der Waals surface area contributed by atoms with Crippen molar-refractivity contribution in [3.05, 3.63) is 70.8 Å². The van der Waals surface area contributed by atoms with Crippen LogP contribution in [0.1, 0.15) is 41.4 Å². The predicted molar refractivity (Wildman–Crippen MR) is 85.2 cm³/mol. The second-order valence-corrected chi connectivity index (χ2v) is 4.28. The van der Waals surface area contributed by atoms with E-state index in [1.807, 2.05) is 0 Å². The van der Waals surface area contributed by atoms with E-state index in [1.165, 1.54) is 48.5 Å². The summed E-state index contributed by atoms with van der Waals surface area (Å²) in [5.74, 6) is -5.49. The normalized spacial score (nSPS) is 8.30. The first kappa shape index (κ1) is 28.5. The summed E-state index contributed by atoms with van der Waals surface area (Å²) in [5, 5.41) is 37.8. The Hall–Kier alpha value is -3.27. The largest absolute Gasteiger partial charge is 2.00 e. The summed E-state index contributed by atoms with van der Waals surface area (Å²) in [7, 11) is 0. The van der Waals surface area contributed by atoms with Crippen molar-refractivity contribution in [2.24, 2.45) is 0 Å². The van der Waals surface area contributed by atoms with Gasteiger partial charge in [0.1, 0.15) is 0 Å². The van der Waals surface area contributed by atoms with Crippen LogP contribution in [0.5, 0.6) is 0 Å². The maximum absolute atomic E-state index is 10.4. The zero-order chi connectivity index (χ0) is 18.3. The molecule has 8 N–H and O–H groups in total. The molecular weight excluding hydrogens is 411 g/mol. The van der Waals surface area contributed by atoms with E-state index in [4.69, 9.17) is 10.2 Å². The van der Waals surface area contributed by atoms with Crippen LogP contribution in [-0.2, 0) is 27.4 Å². The summed E-state index contributed by atoms with van der Waals surface area (Å²) in [5.41, 5.74) is -1.11. The molecule has 11 heteroatoms. The Morgan fingerprint density at radius 1 is 0.593 bits per heavy atom. The van der Waals surface area contributed by atoms with Gasteiger partial charge in [-0.25, -0.2) is 9.59 Å². The SMILES string of the molecule is O=C([O-])c1ccccc1C(=O)O.O=C([O-])c1ccccc1C(=O)O.[Ni+2].[OH3+].[OH3+]. The maximum Gasteiger partial charge on any atom is 2.00 e. The van der Waals surface area contributed by atoms with Gasteiger partial charge in [0, 0.05) is 11.1 Å². The molecule has 0 radical (unpaired) electrons. The molecule has 0 aliphatic carbocycles. The van der Waals surface area contributed by atoms with E-state index in [-0.39, 0.29) is 49.7 Å². The molecule has 0 saturated heterocycles. The van der Waals surface area contributed by atoms with Crippen LogP contribution in [0.15, 0.2) is 48.5 Å². The summed E-state index contributed by atoms with van der Waals surface area (Å²) in [4.78, 5) is 41.6. The molecule has 2 rings (SSSR count). The van der Waals surface area contributed by atoms with Gasteiger partial charge in [-0.2, -0.15) is 0 Å². The zero-order valence-electron chi connectivity index (χ0n) is 13.4. The number of carbonyl (C=O) groups is 4. The smallest absolute Gasteiger partial charge is 0.545 e. The molecule has 27 heavy (non-hydrogen) atoms. The zero-order valence-corrected chi connectivity index (χ0v) is 14.4. The number of carboxylic acids is 4. The van der Waals surface area contributed by atoms with E-state index in [0.717, 1.165) is 0 Å². The summed E-state index contributed by atoms with van der Waals surface area (Å²) in [6, 6.07) is 10.6. The van der Waals surface area contributed by atoms with Crippen molar-refractivity contribution in [2.45, 2.75) is 0 Å². The molecule has 2 aromatic carbocycles. The first-order chi connectivity index (χ1) is 11.3. The molecule has 0 aromatic heterocycles. The third-order valence-electron chi connectivity index (χ3n) is 2.75. The van der Waals surface area contributed by atoms with Gasteiger partial charge in [0.25, 0.3) is 0 Å². The van der Waals surface area contributed by atoms with Gasteiger partial charge in [-0.05, 0) is 12.1 Å². The monoisotopic (exact) mass is 426 g/mol. The fourth-order valence-electron chi connectivity index (χ4n) is 1.70. The number of rotatable bonds is 4. The average molecular weight is 427 g/mol. The molecule has 10 nitrogen and oxygen atoms in total. The van der Waals surface area contributed by atoms with Crippen LogP contribution in [0, 0.1) is 0 Å². The van der Waals surface area contributed by atoms with Crippen molar-refractivity contribution in [1.29, 1.82) is 0 Å². The van der Waals surface area contributed by atoms with Crippen molar-refractivity contribution in [1.82, 2.24) is 0 Å². The standard InChI is InChI=1S/2C8H6O4.Ni.2H2O/c2*9-7(10)5-3-1-2-4-6(5)8(11)12;;;/h2*1-4H,(H,9,10)(H,11,12);;2*1H2/q;;+2;;. The van der Waals surface area contributed by atoms with Crippen molar-refractivity contribution in [2.75, 3.05) is 0 Å². The fourth-order valence-corrected chi connectivity index (χ4v) is 1.70. The Morgan fingerprint density at radius 3 is 0.963 bits per heavy atom. The van der Waals surface area contributed by atoms with Gasteiger partial charge in [-0.3, -0.25) is 0 Å². The van der Waals surface area contributed by atoms with Crippen molar-refractivity contribution in [3.63, 3.8) is 0 Å². The van der Waals surface area contributed by atoms with Crippen molar-refractivity contribution < 1.29 is 67.0 Å². The van der Waals surface area contributed by atoms with Crippen LogP contribution in [-0.4, -0.2) is 34.1 Å². The third kappa shape index (κ3) is 8.10. The Labute approximate surface area is 162 Å². The quantitative estimate of drug-likeness (QED) is 0.396. The van der Waals surface area contributed by atoms with Crippen LogP contribution < -0.4 is 10.2 Å². The molecule has 148 valence electrons. The van der Waals surface area contributed by atoms with Gasteiger partial charge < -0.3 is 41.0 Å². The van der Waals surface area contributed by atoms with E-state index < -0.39 is 23.9 Å². The van der Waals surface area contributed by atoms with Gasteiger partial charge in [0.15, 0.2) is 0 Å². The van der Waals surface area contributed by atoms with E-state index >= 15 is 0 Å². The average Bonchev–Trinajstić information content (AvgIpc) is 2.55. The minimum Gasteiger partial charge on any atom is -0.545 e. The second-order valence-electron chi connectivity index (χ2n) is 4.28. The van der Waals surface area contributed by atoms with Gasteiger partial charge >= 0.3 is 28.4 Å². The van der Waals surface area contributed by atoms with Crippen LogP contribution in [0.3, 0.4) is 0 Å². The number of carbonyl (C=O) groups excluding carboxylic acids is 2. The summed E-state index contributed by atoms with van der Waals surface area (Å²) >= 11 is 0. The molecule has 0 saturated carbocycles. The van der Waals surface area contributed by atoms with E-state index in [2.05, 4.69) is 0 Å². The summed E-state index contributed by atoms with van der Waals surface area (Å²) in [6.45, 7) is 0. The number of hydrogen-bond acceptors (Lipinski definition) is 6. The Morgan fingerprint density at radius 2 is 0.815 bits per heavy atom. The van der Waals surface area contributed by atoms with E-state index in [1.54, 1.807) is 0 Å². The minimum atomic E-state index is -1.48. The Balaban J connectivity index is -0.000000384. The van der Waals surface area contributed by atoms with Crippen LogP contribution in [0.4, 0.5) is 0 Å². The molecule has 0 bridgehead atoms. The fraction of sp³-hybridized carbons (Fsp3) is 0. The number of hydrogen-bond donors (Lipinski definition) is 2. The molecule has 0 atom stereocenters. The predicted octanol–water partition coefficient (Wildman–Crippen LogP) is -2.35.